The summed E-state index contributed by atoms with van der Waals surface area (Å²) in [5.74, 6) is -0.00759. The van der Waals surface area contributed by atoms with Crippen LogP contribution in [0.5, 0.6) is 0 Å². The molecule has 2 N–H and O–H groups in total. The number of hydrogen-bond acceptors (Lipinski definition) is 2. The molecule has 0 aliphatic carbocycles. The average Bonchev–Trinajstić information content (AvgIpc) is 2.27. The minimum absolute atomic E-state index is 0.00759. The molecule has 2 aromatic carbocycles. The number of fused-ring (bicyclic) bond motifs is 1. The largest absolute Gasteiger partial charge is 0.321 e. The Bertz CT molecular complexity index is 497. The first-order valence-electron chi connectivity index (χ1n) is 4.97. The van der Waals surface area contributed by atoms with Crippen LogP contribution < -0.4 is 5.73 Å². The SMILES string of the molecule is CC(N)C(=O)c1cccc2ccccc12. The standard InChI is InChI=1S/C13H13NO/c1-9(14)13(15)12-8-4-6-10-5-2-3-7-11(10)12/h2-9H,14H2,1H3. The van der Waals surface area contributed by atoms with E-state index in [1.807, 2.05) is 42.5 Å². The topological polar surface area (TPSA) is 43.1 Å². The molecule has 76 valence electrons. The van der Waals surface area contributed by atoms with Gasteiger partial charge in [-0.1, -0.05) is 42.5 Å². The van der Waals surface area contributed by atoms with Gasteiger partial charge >= 0.3 is 0 Å². The van der Waals surface area contributed by atoms with Crippen LogP contribution in [0.25, 0.3) is 10.8 Å². The summed E-state index contributed by atoms with van der Waals surface area (Å²) in [6.07, 6.45) is 0. The van der Waals surface area contributed by atoms with E-state index in [2.05, 4.69) is 0 Å². The number of ketones is 1. The molecule has 1 atom stereocenters. The van der Waals surface area contributed by atoms with Gasteiger partial charge in [0.25, 0.3) is 0 Å². The maximum absolute atomic E-state index is 11.8. The molecule has 15 heavy (non-hydrogen) atoms. The second-order valence-corrected chi connectivity index (χ2v) is 3.68. The first-order valence-corrected chi connectivity index (χ1v) is 4.97. The normalized spacial score (nSPS) is 12.7. The Morgan fingerprint density at radius 2 is 1.80 bits per heavy atom. The van der Waals surface area contributed by atoms with Gasteiger partial charge < -0.3 is 5.73 Å². The van der Waals surface area contributed by atoms with Gasteiger partial charge in [-0.3, -0.25) is 4.79 Å². The maximum atomic E-state index is 11.8. The molecule has 0 aliphatic heterocycles. The van der Waals surface area contributed by atoms with Crippen molar-refractivity contribution in [2.45, 2.75) is 13.0 Å². The first kappa shape index (κ1) is 9.87. The van der Waals surface area contributed by atoms with Crippen LogP contribution in [0.4, 0.5) is 0 Å². The number of carbonyl (C=O) groups is 1. The monoisotopic (exact) mass is 199 g/mol. The maximum Gasteiger partial charge on any atom is 0.179 e. The molecule has 0 fully saturated rings. The molecule has 0 heterocycles. The second-order valence-electron chi connectivity index (χ2n) is 3.68. The predicted octanol–water partition coefficient (Wildman–Crippen LogP) is 2.37. The Hall–Kier alpha value is -1.67. The predicted molar refractivity (Wildman–Crippen MR) is 61.9 cm³/mol. The van der Waals surface area contributed by atoms with E-state index < -0.39 is 6.04 Å². The molecule has 2 heteroatoms. The summed E-state index contributed by atoms with van der Waals surface area (Å²) in [6.45, 7) is 1.71. The van der Waals surface area contributed by atoms with Crippen LogP contribution in [-0.2, 0) is 0 Å². The summed E-state index contributed by atoms with van der Waals surface area (Å²) in [5, 5.41) is 2.05. The summed E-state index contributed by atoms with van der Waals surface area (Å²) in [4.78, 5) is 11.8. The molecule has 0 aromatic heterocycles. The van der Waals surface area contributed by atoms with Crippen molar-refractivity contribution in [1.29, 1.82) is 0 Å². The summed E-state index contributed by atoms with van der Waals surface area (Å²) >= 11 is 0. The Balaban J connectivity index is 2.66. The number of benzene rings is 2. The van der Waals surface area contributed by atoms with Crippen molar-refractivity contribution in [2.24, 2.45) is 5.73 Å². The Kier molecular flexibility index (Phi) is 2.52. The molecular weight excluding hydrogens is 186 g/mol. The third kappa shape index (κ3) is 1.76. The van der Waals surface area contributed by atoms with E-state index in [9.17, 15) is 4.79 Å². The number of Topliss-reactive ketones (excluding diaryl/α,β-unsaturated/α-hetero) is 1. The van der Waals surface area contributed by atoms with Gasteiger partial charge in [-0.05, 0) is 17.7 Å². The van der Waals surface area contributed by atoms with Gasteiger partial charge in [-0.15, -0.1) is 0 Å². The van der Waals surface area contributed by atoms with Crippen LogP contribution in [0, 0.1) is 0 Å². The minimum atomic E-state index is -0.448. The molecule has 0 radical (unpaired) electrons. The van der Waals surface area contributed by atoms with Crippen molar-refractivity contribution >= 4 is 16.6 Å². The lowest BCUT2D eigenvalue weighted by molar-refractivity contribution is 0.0969. The van der Waals surface area contributed by atoms with Gasteiger partial charge in [-0.2, -0.15) is 0 Å². The molecule has 0 bridgehead atoms. The molecular formula is C13H13NO. The molecule has 2 aromatic rings. The van der Waals surface area contributed by atoms with Crippen LogP contribution in [0.1, 0.15) is 17.3 Å². The number of hydrogen-bond donors (Lipinski definition) is 1. The lowest BCUT2D eigenvalue weighted by Gasteiger charge is -2.07. The van der Waals surface area contributed by atoms with Crippen LogP contribution >= 0.6 is 0 Å². The van der Waals surface area contributed by atoms with Gasteiger partial charge in [0.1, 0.15) is 0 Å². The number of rotatable bonds is 2. The van der Waals surface area contributed by atoms with E-state index in [1.165, 1.54) is 0 Å². The second kappa shape index (κ2) is 3.83. The van der Waals surface area contributed by atoms with Gasteiger partial charge in [-0.25, -0.2) is 0 Å². The smallest absolute Gasteiger partial charge is 0.179 e. The summed E-state index contributed by atoms with van der Waals surface area (Å²) < 4.78 is 0. The Morgan fingerprint density at radius 3 is 2.53 bits per heavy atom. The van der Waals surface area contributed by atoms with Gasteiger partial charge in [0.05, 0.1) is 6.04 Å². The molecule has 0 saturated carbocycles. The van der Waals surface area contributed by atoms with Gasteiger partial charge in [0.2, 0.25) is 0 Å². The lowest BCUT2D eigenvalue weighted by Crippen LogP contribution is -2.26. The van der Waals surface area contributed by atoms with E-state index in [1.54, 1.807) is 6.92 Å². The average molecular weight is 199 g/mol. The molecule has 2 nitrogen and oxygen atoms in total. The first-order chi connectivity index (χ1) is 7.20. The van der Waals surface area contributed by atoms with Crippen molar-refractivity contribution < 1.29 is 4.79 Å². The zero-order chi connectivity index (χ0) is 10.8. The number of nitrogens with two attached hydrogens (primary N) is 1. The molecule has 0 amide bonds. The van der Waals surface area contributed by atoms with Crippen molar-refractivity contribution in [3.8, 4) is 0 Å². The Morgan fingerprint density at radius 1 is 1.13 bits per heavy atom. The molecule has 2 rings (SSSR count). The van der Waals surface area contributed by atoms with Crippen LogP contribution in [0.2, 0.25) is 0 Å². The van der Waals surface area contributed by atoms with E-state index in [-0.39, 0.29) is 5.78 Å². The number of carbonyl (C=O) groups excluding carboxylic acids is 1. The summed E-state index contributed by atoms with van der Waals surface area (Å²) in [7, 11) is 0. The zero-order valence-corrected chi connectivity index (χ0v) is 8.60. The highest BCUT2D eigenvalue weighted by Gasteiger charge is 2.12. The van der Waals surface area contributed by atoms with E-state index in [0.29, 0.717) is 5.56 Å². The third-order valence-corrected chi connectivity index (χ3v) is 2.47. The van der Waals surface area contributed by atoms with Gasteiger partial charge in [0, 0.05) is 5.56 Å². The highest BCUT2D eigenvalue weighted by atomic mass is 16.1. The summed E-state index contributed by atoms with van der Waals surface area (Å²) in [6, 6.07) is 13.1. The van der Waals surface area contributed by atoms with Gasteiger partial charge in [0.15, 0.2) is 5.78 Å². The molecule has 0 aliphatic rings. The van der Waals surface area contributed by atoms with E-state index >= 15 is 0 Å². The summed E-state index contributed by atoms with van der Waals surface area (Å²) in [5.41, 5.74) is 6.32. The fraction of sp³-hybridized carbons (Fsp3) is 0.154. The highest BCUT2D eigenvalue weighted by Crippen LogP contribution is 2.19. The quantitative estimate of drug-likeness (QED) is 0.754. The molecule has 0 saturated heterocycles. The highest BCUT2D eigenvalue weighted by molar-refractivity contribution is 6.10. The Labute approximate surface area is 88.7 Å². The fourth-order valence-electron chi connectivity index (χ4n) is 1.69. The fourth-order valence-corrected chi connectivity index (χ4v) is 1.69. The van der Waals surface area contributed by atoms with Crippen molar-refractivity contribution in [1.82, 2.24) is 0 Å². The minimum Gasteiger partial charge on any atom is -0.321 e. The third-order valence-electron chi connectivity index (χ3n) is 2.47. The van der Waals surface area contributed by atoms with Crippen LogP contribution in [0.3, 0.4) is 0 Å². The zero-order valence-electron chi connectivity index (χ0n) is 8.60. The molecule has 1 unspecified atom stereocenters. The van der Waals surface area contributed by atoms with E-state index in [0.717, 1.165) is 10.8 Å². The van der Waals surface area contributed by atoms with Crippen LogP contribution in [-0.4, -0.2) is 11.8 Å². The molecule has 0 spiro atoms. The van der Waals surface area contributed by atoms with Crippen molar-refractivity contribution in [3.63, 3.8) is 0 Å². The van der Waals surface area contributed by atoms with Crippen molar-refractivity contribution in [3.05, 3.63) is 48.0 Å². The van der Waals surface area contributed by atoms with Crippen molar-refractivity contribution in [2.75, 3.05) is 0 Å². The lowest BCUT2D eigenvalue weighted by atomic mass is 9.99. The van der Waals surface area contributed by atoms with E-state index in [4.69, 9.17) is 5.73 Å². The van der Waals surface area contributed by atoms with Crippen LogP contribution in [0.15, 0.2) is 42.5 Å².